The summed E-state index contributed by atoms with van der Waals surface area (Å²) in [4.78, 5) is 0. The lowest BCUT2D eigenvalue weighted by molar-refractivity contribution is 0.303. The molecule has 0 radical (unpaired) electrons. The zero-order valence-corrected chi connectivity index (χ0v) is 17.0. The van der Waals surface area contributed by atoms with Gasteiger partial charge in [-0.25, -0.2) is 4.68 Å². The minimum Gasteiger partial charge on any atom is -0.488 e. The number of halogens is 3. The van der Waals surface area contributed by atoms with Gasteiger partial charge in [0.25, 0.3) is 0 Å². The van der Waals surface area contributed by atoms with Crippen LogP contribution in [0.3, 0.4) is 0 Å². The molecular weight excluding hydrogens is 441 g/mol. The van der Waals surface area contributed by atoms with Gasteiger partial charge in [-0.15, -0.1) is 0 Å². The molecule has 26 heavy (non-hydrogen) atoms. The summed E-state index contributed by atoms with van der Waals surface area (Å²) in [5.41, 5.74) is 1.71. The number of hydrogen-bond donors (Lipinski definition) is 1. The second-order valence-electron chi connectivity index (χ2n) is 5.41. The van der Waals surface area contributed by atoms with Crippen molar-refractivity contribution >= 4 is 45.1 Å². The van der Waals surface area contributed by atoms with Crippen molar-refractivity contribution in [3.05, 3.63) is 62.0 Å². The lowest BCUT2D eigenvalue weighted by atomic mass is 10.2. The molecule has 1 N–H and O–H groups in total. The van der Waals surface area contributed by atoms with Gasteiger partial charge in [0.2, 0.25) is 5.95 Å². The van der Waals surface area contributed by atoms with Crippen LogP contribution in [0.4, 0.5) is 5.95 Å². The Labute approximate surface area is 169 Å². The average Bonchev–Trinajstić information content (AvgIpc) is 3.08. The van der Waals surface area contributed by atoms with Crippen LogP contribution in [-0.2, 0) is 19.7 Å². The molecule has 0 amide bonds. The molecule has 0 spiro atoms. The third-order valence-electron chi connectivity index (χ3n) is 3.72. The number of aromatic nitrogens is 4. The monoisotopic (exact) mass is 455 g/mol. The van der Waals surface area contributed by atoms with E-state index >= 15 is 0 Å². The Morgan fingerprint density at radius 2 is 1.96 bits per heavy atom. The summed E-state index contributed by atoms with van der Waals surface area (Å²) < 4.78 is 8.61. The van der Waals surface area contributed by atoms with E-state index < -0.39 is 0 Å². The molecule has 0 unspecified atom stereocenters. The first-order valence-electron chi connectivity index (χ1n) is 7.92. The normalized spacial score (nSPS) is 10.8. The molecule has 9 heteroatoms. The van der Waals surface area contributed by atoms with Crippen molar-refractivity contribution in [1.82, 2.24) is 20.2 Å². The van der Waals surface area contributed by atoms with E-state index in [0.717, 1.165) is 21.3 Å². The van der Waals surface area contributed by atoms with E-state index in [4.69, 9.17) is 27.9 Å². The Morgan fingerprint density at radius 1 is 1.19 bits per heavy atom. The maximum Gasteiger partial charge on any atom is 0.243 e. The maximum atomic E-state index is 6.21. The first kappa shape index (κ1) is 18.9. The highest BCUT2D eigenvalue weighted by Crippen LogP contribution is 2.28. The largest absolute Gasteiger partial charge is 0.488 e. The van der Waals surface area contributed by atoms with Gasteiger partial charge in [0, 0.05) is 38.7 Å². The fourth-order valence-electron chi connectivity index (χ4n) is 2.37. The molecule has 0 aliphatic heterocycles. The lowest BCUT2D eigenvalue weighted by Crippen LogP contribution is -2.09. The molecule has 0 saturated carbocycles. The third kappa shape index (κ3) is 4.47. The first-order chi connectivity index (χ1) is 12.6. The minimum absolute atomic E-state index is 0.278. The molecule has 136 valence electrons. The standard InChI is InChI=1S/C17H16BrCl2N5O/c1-2-25-17(22-23-24-25)21-9-11-8-12(18)6-7-16(11)26-10-13-14(19)4-3-5-15(13)20/h3-8H,2,9-10H2,1H3,(H,21,22,24). The summed E-state index contributed by atoms with van der Waals surface area (Å²) in [5.74, 6) is 1.33. The number of rotatable bonds is 7. The maximum absolute atomic E-state index is 6.21. The minimum atomic E-state index is 0.278. The molecule has 0 aliphatic rings. The van der Waals surface area contributed by atoms with Crippen LogP contribution in [0.15, 0.2) is 40.9 Å². The smallest absolute Gasteiger partial charge is 0.243 e. The molecule has 3 rings (SSSR count). The van der Waals surface area contributed by atoms with Crippen LogP contribution in [0.25, 0.3) is 0 Å². The van der Waals surface area contributed by atoms with Gasteiger partial charge in [-0.05, 0) is 47.7 Å². The fraction of sp³-hybridized carbons (Fsp3) is 0.235. The molecular formula is C17H16BrCl2N5O. The molecule has 3 aromatic rings. The van der Waals surface area contributed by atoms with E-state index in [1.165, 1.54) is 0 Å². The van der Waals surface area contributed by atoms with Crippen LogP contribution < -0.4 is 10.1 Å². The van der Waals surface area contributed by atoms with Crippen LogP contribution in [-0.4, -0.2) is 20.2 Å². The predicted octanol–water partition coefficient (Wildman–Crippen LogP) is 4.95. The van der Waals surface area contributed by atoms with Gasteiger partial charge in [0.15, 0.2) is 0 Å². The average molecular weight is 457 g/mol. The van der Waals surface area contributed by atoms with Crippen molar-refractivity contribution < 1.29 is 4.74 Å². The van der Waals surface area contributed by atoms with E-state index in [9.17, 15) is 0 Å². The Bertz CT molecular complexity index is 882. The van der Waals surface area contributed by atoms with E-state index in [1.54, 1.807) is 22.9 Å². The van der Waals surface area contributed by atoms with Crippen molar-refractivity contribution in [3.63, 3.8) is 0 Å². The Kier molecular flexibility index (Phi) is 6.34. The number of nitrogens with one attached hydrogen (secondary N) is 1. The van der Waals surface area contributed by atoms with E-state index in [2.05, 4.69) is 36.8 Å². The van der Waals surface area contributed by atoms with Gasteiger partial charge in [0.05, 0.1) is 0 Å². The van der Waals surface area contributed by atoms with Gasteiger partial charge < -0.3 is 10.1 Å². The number of ether oxygens (including phenoxy) is 1. The first-order valence-corrected chi connectivity index (χ1v) is 9.47. The highest BCUT2D eigenvalue weighted by Gasteiger charge is 2.11. The van der Waals surface area contributed by atoms with Crippen molar-refractivity contribution in [1.29, 1.82) is 0 Å². The number of aryl methyl sites for hydroxylation is 1. The summed E-state index contributed by atoms with van der Waals surface area (Å²) in [6, 6.07) is 11.2. The quantitative estimate of drug-likeness (QED) is 0.544. The van der Waals surface area contributed by atoms with Crippen molar-refractivity contribution in [2.45, 2.75) is 26.6 Å². The summed E-state index contributed by atoms with van der Waals surface area (Å²) in [7, 11) is 0. The van der Waals surface area contributed by atoms with Crippen LogP contribution in [0.5, 0.6) is 5.75 Å². The summed E-state index contributed by atoms with van der Waals surface area (Å²) in [5, 5.41) is 15.9. The molecule has 0 atom stereocenters. The van der Waals surface area contributed by atoms with Crippen molar-refractivity contribution in [2.24, 2.45) is 0 Å². The molecule has 0 fully saturated rings. The second kappa shape index (κ2) is 8.70. The van der Waals surface area contributed by atoms with Gasteiger partial charge in [-0.3, -0.25) is 0 Å². The van der Waals surface area contributed by atoms with Crippen LogP contribution in [0, 0.1) is 0 Å². The molecule has 0 aliphatic carbocycles. The van der Waals surface area contributed by atoms with Crippen LogP contribution >= 0.6 is 39.1 Å². The molecule has 0 saturated heterocycles. The highest BCUT2D eigenvalue weighted by atomic mass is 79.9. The molecule has 1 heterocycles. The van der Waals surface area contributed by atoms with Gasteiger partial charge in [-0.1, -0.05) is 50.3 Å². The fourth-order valence-corrected chi connectivity index (χ4v) is 3.28. The van der Waals surface area contributed by atoms with E-state index in [1.807, 2.05) is 25.1 Å². The SMILES string of the molecule is CCn1nnnc1NCc1cc(Br)ccc1OCc1c(Cl)cccc1Cl. The van der Waals surface area contributed by atoms with E-state index in [-0.39, 0.29) is 6.61 Å². The zero-order chi connectivity index (χ0) is 18.5. The Hall–Kier alpha value is -1.83. The van der Waals surface area contributed by atoms with Crippen LogP contribution in [0.1, 0.15) is 18.1 Å². The number of tetrazole rings is 1. The summed E-state index contributed by atoms with van der Waals surface area (Å²) in [6.45, 7) is 3.44. The second-order valence-corrected chi connectivity index (χ2v) is 7.14. The number of hydrogen-bond acceptors (Lipinski definition) is 5. The highest BCUT2D eigenvalue weighted by molar-refractivity contribution is 9.10. The zero-order valence-electron chi connectivity index (χ0n) is 13.9. The summed E-state index contributed by atoms with van der Waals surface area (Å²) in [6.07, 6.45) is 0. The summed E-state index contributed by atoms with van der Waals surface area (Å²) >= 11 is 15.9. The predicted molar refractivity (Wildman–Crippen MR) is 106 cm³/mol. The van der Waals surface area contributed by atoms with E-state index in [0.29, 0.717) is 29.1 Å². The lowest BCUT2D eigenvalue weighted by Gasteiger charge is -2.14. The van der Waals surface area contributed by atoms with Gasteiger partial charge in [0.1, 0.15) is 12.4 Å². The van der Waals surface area contributed by atoms with Crippen molar-refractivity contribution in [2.75, 3.05) is 5.32 Å². The Balaban J connectivity index is 1.75. The Morgan fingerprint density at radius 3 is 2.69 bits per heavy atom. The molecule has 0 bridgehead atoms. The number of benzene rings is 2. The molecule has 6 nitrogen and oxygen atoms in total. The number of anilines is 1. The molecule has 1 aromatic heterocycles. The third-order valence-corrected chi connectivity index (χ3v) is 4.93. The molecule has 2 aromatic carbocycles. The topological polar surface area (TPSA) is 64.9 Å². The van der Waals surface area contributed by atoms with Crippen LogP contribution in [0.2, 0.25) is 10.0 Å². The van der Waals surface area contributed by atoms with Crippen molar-refractivity contribution in [3.8, 4) is 5.75 Å². The number of nitrogens with zero attached hydrogens (tertiary/aromatic N) is 4. The van der Waals surface area contributed by atoms with Gasteiger partial charge in [-0.2, -0.15) is 0 Å². The van der Waals surface area contributed by atoms with Gasteiger partial charge >= 0.3 is 0 Å².